The number of likely N-dealkylation sites (N-methyl/N-ethyl adjacent to an activating group) is 1. The maximum Gasteiger partial charge on any atom is 0.270 e. The molecule has 0 radical (unpaired) electrons. The van der Waals surface area contributed by atoms with Gasteiger partial charge in [-0.3, -0.25) is 9.59 Å². The molecule has 0 bridgehead atoms. The SMILES string of the molecule is C=C1NC(=O)[C@H]([C@@H](C)OC)N(C)C1=O. The Labute approximate surface area is 82.7 Å². The topological polar surface area (TPSA) is 58.6 Å². The summed E-state index contributed by atoms with van der Waals surface area (Å²) in [6, 6.07) is -0.585. The zero-order valence-corrected chi connectivity index (χ0v) is 8.53. The van der Waals surface area contributed by atoms with Gasteiger partial charge in [-0.05, 0) is 6.92 Å². The highest BCUT2D eigenvalue weighted by Gasteiger charge is 2.37. The third kappa shape index (κ3) is 1.63. The molecule has 5 heteroatoms. The fraction of sp³-hybridized carbons (Fsp3) is 0.556. The molecule has 0 spiro atoms. The fourth-order valence-corrected chi connectivity index (χ4v) is 1.45. The Bertz CT molecular complexity index is 288. The smallest absolute Gasteiger partial charge is 0.270 e. The lowest BCUT2D eigenvalue weighted by molar-refractivity contribution is -0.145. The molecule has 1 N–H and O–H groups in total. The summed E-state index contributed by atoms with van der Waals surface area (Å²) < 4.78 is 5.03. The van der Waals surface area contributed by atoms with Crippen LogP contribution in [0.2, 0.25) is 0 Å². The summed E-state index contributed by atoms with van der Waals surface area (Å²) >= 11 is 0. The van der Waals surface area contributed by atoms with E-state index in [2.05, 4.69) is 11.9 Å². The molecule has 1 aliphatic heterocycles. The van der Waals surface area contributed by atoms with Gasteiger partial charge in [-0.15, -0.1) is 0 Å². The molecular formula is C9H14N2O3. The summed E-state index contributed by atoms with van der Waals surface area (Å²) in [5, 5.41) is 2.42. The monoisotopic (exact) mass is 198 g/mol. The third-order valence-corrected chi connectivity index (χ3v) is 2.35. The number of ether oxygens (including phenoxy) is 1. The summed E-state index contributed by atoms with van der Waals surface area (Å²) in [7, 11) is 3.06. The molecule has 2 amide bonds. The van der Waals surface area contributed by atoms with Crippen molar-refractivity contribution < 1.29 is 14.3 Å². The van der Waals surface area contributed by atoms with Crippen LogP contribution >= 0.6 is 0 Å². The molecule has 0 unspecified atom stereocenters. The summed E-state index contributed by atoms with van der Waals surface area (Å²) in [6.07, 6.45) is -0.336. The highest BCUT2D eigenvalue weighted by molar-refractivity contribution is 6.04. The molecule has 0 aliphatic carbocycles. The normalized spacial score (nSPS) is 24.9. The van der Waals surface area contributed by atoms with Crippen molar-refractivity contribution in [3.63, 3.8) is 0 Å². The van der Waals surface area contributed by atoms with Gasteiger partial charge in [0.15, 0.2) is 0 Å². The van der Waals surface area contributed by atoms with Gasteiger partial charge in [-0.2, -0.15) is 0 Å². The van der Waals surface area contributed by atoms with Crippen LogP contribution in [-0.4, -0.2) is 43.0 Å². The van der Waals surface area contributed by atoms with Gasteiger partial charge >= 0.3 is 0 Å². The maximum absolute atomic E-state index is 11.5. The van der Waals surface area contributed by atoms with E-state index in [1.54, 1.807) is 14.0 Å². The second-order valence-electron chi connectivity index (χ2n) is 3.27. The molecule has 0 saturated carbocycles. The quantitative estimate of drug-likeness (QED) is 0.608. The molecule has 1 rings (SSSR count). The number of amides is 2. The Morgan fingerprint density at radius 3 is 2.64 bits per heavy atom. The Morgan fingerprint density at radius 1 is 1.57 bits per heavy atom. The molecule has 0 aromatic rings. The van der Waals surface area contributed by atoms with E-state index in [4.69, 9.17) is 4.74 Å². The fourth-order valence-electron chi connectivity index (χ4n) is 1.45. The van der Waals surface area contributed by atoms with Crippen molar-refractivity contribution in [2.45, 2.75) is 19.1 Å². The predicted molar refractivity (Wildman–Crippen MR) is 50.3 cm³/mol. The summed E-state index contributed by atoms with van der Waals surface area (Å²) in [5.41, 5.74) is 0.108. The molecular weight excluding hydrogens is 184 g/mol. The van der Waals surface area contributed by atoms with Gasteiger partial charge in [0, 0.05) is 14.2 Å². The number of piperazine rings is 1. The van der Waals surface area contributed by atoms with Crippen molar-refractivity contribution in [2.75, 3.05) is 14.2 Å². The summed E-state index contributed by atoms with van der Waals surface area (Å²) in [6.45, 7) is 5.19. The van der Waals surface area contributed by atoms with Gasteiger partial charge < -0.3 is 15.0 Å². The van der Waals surface area contributed by atoms with E-state index in [-0.39, 0.29) is 23.6 Å². The molecule has 78 valence electrons. The third-order valence-electron chi connectivity index (χ3n) is 2.35. The van der Waals surface area contributed by atoms with Crippen LogP contribution in [0.4, 0.5) is 0 Å². The number of hydrogen-bond donors (Lipinski definition) is 1. The Morgan fingerprint density at radius 2 is 2.14 bits per heavy atom. The van der Waals surface area contributed by atoms with Crippen molar-refractivity contribution in [3.8, 4) is 0 Å². The predicted octanol–water partition coefficient (Wildman–Crippen LogP) is -0.508. The van der Waals surface area contributed by atoms with Gasteiger partial charge in [-0.1, -0.05) is 6.58 Å². The maximum atomic E-state index is 11.5. The van der Waals surface area contributed by atoms with Gasteiger partial charge in [0.25, 0.3) is 5.91 Å². The second-order valence-corrected chi connectivity index (χ2v) is 3.27. The van der Waals surface area contributed by atoms with E-state index in [0.29, 0.717) is 0 Å². The van der Waals surface area contributed by atoms with Crippen LogP contribution in [0.1, 0.15) is 6.92 Å². The standard InChI is InChI=1S/C9H14N2O3/c1-5-9(13)11(3)7(6(2)14-4)8(12)10-5/h6-7H,1H2,2-4H3,(H,10,12)/t6-,7+/m1/s1. The van der Waals surface area contributed by atoms with Crippen LogP contribution < -0.4 is 5.32 Å². The van der Waals surface area contributed by atoms with Crippen molar-refractivity contribution in [1.29, 1.82) is 0 Å². The average molecular weight is 198 g/mol. The first-order valence-electron chi connectivity index (χ1n) is 4.28. The van der Waals surface area contributed by atoms with Crippen LogP contribution in [0.5, 0.6) is 0 Å². The lowest BCUT2D eigenvalue weighted by Crippen LogP contribution is -2.59. The minimum absolute atomic E-state index is 0.108. The largest absolute Gasteiger partial charge is 0.379 e. The minimum atomic E-state index is -0.585. The number of methoxy groups -OCH3 is 1. The molecule has 2 atom stereocenters. The van der Waals surface area contributed by atoms with Crippen LogP contribution in [0.15, 0.2) is 12.3 Å². The van der Waals surface area contributed by atoms with E-state index >= 15 is 0 Å². The second kappa shape index (κ2) is 3.79. The lowest BCUT2D eigenvalue weighted by Gasteiger charge is -2.35. The van der Waals surface area contributed by atoms with Crippen LogP contribution in [0, 0.1) is 0 Å². The lowest BCUT2D eigenvalue weighted by atomic mass is 10.1. The molecule has 1 heterocycles. The van der Waals surface area contributed by atoms with Gasteiger partial charge in [0.05, 0.1) is 11.8 Å². The van der Waals surface area contributed by atoms with Crippen molar-refractivity contribution in [1.82, 2.24) is 10.2 Å². The molecule has 14 heavy (non-hydrogen) atoms. The number of hydrogen-bond acceptors (Lipinski definition) is 3. The first kappa shape index (κ1) is 10.7. The van der Waals surface area contributed by atoms with Gasteiger partial charge in [0.2, 0.25) is 5.91 Å². The molecule has 0 aromatic carbocycles. The Hall–Kier alpha value is -1.36. The van der Waals surface area contributed by atoms with Crippen LogP contribution in [0.3, 0.4) is 0 Å². The highest BCUT2D eigenvalue weighted by atomic mass is 16.5. The molecule has 5 nitrogen and oxygen atoms in total. The number of rotatable bonds is 2. The molecule has 1 fully saturated rings. The van der Waals surface area contributed by atoms with E-state index in [9.17, 15) is 9.59 Å². The van der Waals surface area contributed by atoms with E-state index in [1.807, 2.05) is 0 Å². The Kier molecular flexibility index (Phi) is 2.90. The average Bonchev–Trinajstić information content (AvgIpc) is 2.14. The van der Waals surface area contributed by atoms with E-state index in [0.717, 1.165) is 0 Å². The molecule has 1 saturated heterocycles. The van der Waals surface area contributed by atoms with Crippen LogP contribution in [-0.2, 0) is 14.3 Å². The van der Waals surface area contributed by atoms with Gasteiger partial charge in [0.1, 0.15) is 6.04 Å². The van der Waals surface area contributed by atoms with E-state index < -0.39 is 6.04 Å². The Balaban J connectivity index is 2.90. The zero-order chi connectivity index (χ0) is 10.9. The van der Waals surface area contributed by atoms with E-state index in [1.165, 1.54) is 12.0 Å². The highest BCUT2D eigenvalue weighted by Crippen LogP contribution is 2.13. The number of carbonyl (C=O) groups is 2. The minimum Gasteiger partial charge on any atom is -0.379 e. The first-order valence-corrected chi connectivity index (χ1v) is 4.28. The zero-order valence-electron chi connectivity index (χ0n) is 8.53. The molecule has 1 aliphatic rings. The van der Waals surface area contributed by atoms with Crippen molar-refractivity contribution >= 4 is 11.8 Å². The first-order chi connectivity index (χ1) is 6.49. The molecule has 0 aromatic heterocycles. The number of carbonyl (C=O) groups excluding carboxylic acids is 2. The van der Waals surface area contributed by atoms with Gasteiger partial charge in [-0.25, -0.2) is 0 Å². The van der Waals surface area contributed by atoms with Crippen molar-refractivity contribution in [3.05, 3.63) is 12.3 Å². The number of nitrogens with zero attached hydrogens (tertiary/aromatic N) is 1. The summed E-state index contributed by atoms with van der Waals surface area (Å²) in [4.78, 5) is 24.3. The van der Waals surface area contributed by atoms with Crippen LogP contribution in [0.25, 0.3) is 0 Å². The van der Waals surface area contributed by atoms with Crippen molar-refractivity contribution in [2.24, 2.45) is 0 Å². The number of nitrogens with one attached hydrogen (secondary N) is 1. The summed E-state index contributed by atoms with van der Waals surface area (Å²) in [5.74, 6) is -0.537.